The number of carboxylic acid groups (broad SMARTS) is 1. The number of carbonyl (C=O) groups is 2. The van der Waals surface area contributed by atoms with Crippen molar-refractivity contribution in [1.82, 2.24) is 4.90 Å². The van der Waals surface area contributed by atoms with E-state index in [0.29, 0.717) is 10.5 Å². The molecular weight excluding hydrogens is 333 g/mol. The summed E-state index contributed by atoms with van der Waals surface area (Å²) in [6.07, 6.45) is -5.83. The number of alkyl halides is 3. The number of nitro benzene ring substituents is 1. The molecule has 1 atom stereocenters. The molecule has 0 bridgehead atoms. The second-order valence-corrected chi connectivity index (χ2v) is 5.64. The minimum atomic E-state index is -5.04. The van der Waals surface area contributed by atoms with E-state index in [9.17, 15) is 32.9 Å². The lowest BCUT2D eigenvalue weighted by Crippen LogP contribution is -2.47. The van der Waals surface area contributed by atoms with Crippen molar-refractivity contribution < 1.29 is 32.8 Å². The summed E-state index contributed by atoms with van der Waals surface area (Å²) >= 11 is 0. The first-order chi connectivity index (χ1) is 11.0. The van der Waals surface area contributed by atoms with Crippen LogP contribution in [0.1, 0.15) is 22.3 Å². The standard InChI is InChI=1S/C14H13F3N2O5/c1-8-2-3-10(19(23)24)9(6-8)11(20)18-5-4-13(7-18,12(21)22)14(15,16)17/h2-3,6H,4-5,7H2,1H3,(H,21,22). The summed E-state index contributed by atoms with van der Waals surface area (Å²) in [6, 6.07) is 3.69. The SMILES string of the molecule is Cc1ccc([N+](=O)[O-])c(C(=O)N2CCC(C(=O)O)(C(F)(F)F)C2)c1. The maximum atomic E-state index is 13.2. The number of nitrogens with zero attached hydrogens (tertiary/aromatic N) is 2. The van der Waals surface area contributed by atoms with Crippen LogP contribution >= 0.6 is 0 Å². The van der Waals surface area contributed by atoms with Crippen LogP contribution in [-0.4, -0.2) is 46.1 Å². The Balaban J connectivity index is 2.39. The highest BCUT2D eigenvalue weighted by molar-refractivity contribution is 5.99. The molecule has 1 aromatic carbocycles. The van der Waals surface area contributed by atoms with Gasteiger partial charge in [0, 0.05) is 19.2 Å². The van der Waals surface area contributed by atoms with Crippen LogP contribution in [0.3, 0.4) is 0 Å². The van der Waals surface area contributed by atoms with Gasteiger partial charge in [-0.15, -0.1) is 0 Å². The predicted molar refractivity (Wildman–Crippen MR) is 74.5 cm³/mol. The van der Waals surface area contributed by atoms with Gasteiger partial charge < -0.3 is 10.0 Å². The van der Waals surface area contributed by atoms with Gasteiger partial charge in [0.05, 0.1) is 4.92 Å². The minimum absolute atomic E-state index is 0.358. The third kappa shape index (κ3) is 2.79. The third-order valence-corrected chi connectivity index (χ3v) is 4.09. The molecule has 10 heteroatoms. The van der Waals surface area contributed by atoms with Crippen molar-refractivity contribution >= 4 is 17.6 Å². The molecule has 1 fully saturated rings. The molecule has 0 aromatic heterocycles. The van der Waals surface area contributed by atoms with Crippen molar-refractivity contribution in [2.45, 2.75) is 19.5 Å². The molecule has 130 valence electrons. The Morgan fingerprint density at radius 2 is 2.00 bits per heavy atom. The smallest absolute Gasteiger partial charge is 0.406 e. The zero-order valence-electron chi connectivity index (χ0n) is 12.5. The van der Waals surface area contributed by atoms with Crippen LogP contribution in [0.15, 0.2) is 18.2 Å². The molecular formula is C14H13F3N2O5. The molecule has 1 N–H and O–H groups in total. The molecule has 0 spiro atoms. The molecule has 0 radical (unpaired) electrons. The Kier molecular flexibility index (Phi) is 4.25. The van der Waals surface area contributed by atoms with Gasteiger partial charge in [0.2, 0.25) is 0 Å². The number of benzene rings is 1. The van der Waals surface area contributed by atoms with Crippen molar-refractivity contribution in [2.75, 3.05) is 13.1 Å². The zero-order chi connectivity index (χ0) is 18.3. The molecule has 1 saturated heterocycles. The molecule has 0 saturated carbocycles. The quantitative estimate of drug-likeness (QED) is 0.669. The number of aliphatic carboxylic acids is 1. The van der Waals surface area contributed by atoms with Crippen molar-refractivity contribution in [1.29, 1.82) is 0 Å². The van der Waals surface area contributed by atoms with E-state index < -0.39 is 53.6 Å². The first kappa shape index (κ1) is 17.7. The van der Waals surface area contributed by atoms with Gasteiger partial charge in [-0.25, -0.2) is 0 Å². The molecule has 1 unspecified atom stereocenters. The number of nitro groups is 1. The number of aryl methyl sites for hydroxylation is 1. The van der Waals surface area contributed by atoms with Gasteiger partial charge in [-0.3, -0.25) is 19.7 Å². The minimum Gasteiger partial charge on any atom is -0.481 e. The van der Waals surface area contributed by atoms with Gasteiger partial charge in [-0.05, 0) is 25.0 Å². The van der Waals surface area contributed by atoms with Gasteiger partial charge in [-0.2, -0.15) is 13.2 Å². The first-order valence-electron chi connectivity index (χ1n) is 6.84. The fourth-order valence-corrected chi connectivity index (χ4v) is 2.66. The number of likely N-dealkylation sites (tertiary alicyclic amines) is 1. The summed E-state index contributed by atoms with van der Waals surface area (Å²) in [6.45, 7) is 0.0489. The van der Waals surface area contributed by atoms with E-state index in [1.54, 1.807) is 6.92 Å². The van der Waals surface area contributed by atoms with Gasteiger partial charge in [0.15, 0.2) is 5.41 Å². The maximum Gasteiger partial charge on any atom is 0.406 e. The fourth-order valence-electron chi connectivity index (χ4n) is 2.66. The second kappa shape index (κ2) is 5.77. The van der Waals surface area contributed by atoms with Crippen LogP contribution in [-0.2, 0) is 4.79 Å². The van der Waals surface area contributed by atoms with E-state index >= 15 is 0 Å². The van der Waals surface area contributed by atoms with E-state index in [2.05, 4.69) is 0 Å². The number of carbonyl (C=O) groups excluding carboxylic acids is 1. The molecule has 1 aliphatic rings. The molecule has 1 aromatic rings. The van der Waals surface area contributed by atoms with Crippen molar-refractivity contribution in [3.63, 3.8) is 0 Å². The Hall–Kier alpha value is -2.65. The first-order valence-corrected chi connectivity index (χ1v) is 6.84. The fraction of sp³-hybridized carbons (Fsp3) is 0.429. The number of carboxylic acids is 1. The largest absolute Gasteiger partial charge is 0.481 e. The predicted octanol–water partition coefficient (Wildman–Crippen LogP) is 2.38. The summed E-state index contributed by atoms with van der Waals surface area (Å²) in [4.78, 5) is 34.5. The Morgan fingerprint density at radius 3 is 2.46 bits per heavy atom. The monoisotopic (exact) mass is 346 g/mol. The number of halogens is 3. The van der Waals surface area contributed by atoms with E-state index in [1.807, 2.05) is 0 Å². The van der Waals surface area contributed by atoms with E-state index in [4.69, 9.17) is 5.11 Å². The van der Waals surface area contributed by atoms with Gasteiger partial charge in [0.1, 0.15) is 5.56 Å². The molecule has 1 amide bonds. The highest BCUT2D eigenvalue weighted by atomic mass is 19.4. The molecule has 2 rings (SSSR count). The van der Waals surface area contributed by atoms with Crippen LogP contribution in [0, 0.1) is 22.5 Å². The van der Waals surface area contributed by atoms with Crippen LogP contribution in [0.25, 0.3) is 0 Å². The van der Waals surface area contributed by atoms with E-state index in [1.165, 1.54) is 12.1 Å². The van der Waals surface area contributed by atoms with Gasteiger partial charge >= 0.3 is 12.1 Å². The van der Waals surface area contributed by atoms with Crippen LogP contribution < -0.4 is 0 Å². The summed E-state index contributed by atoms with van der Waals surface area (Å²) in [5.74, 6) is -3.05. The Bertz CT molecular complexity index is 719. The summed E-state index contributed by atoms with van der Waals surface area (Å²) < 4.78 is 39.5. The van der Waals surface area contributed by atoms with Gasteiger partial charge in [0.25, 0.3) is 11.6 Å². The van der Waals surface area contributed by atoms with Crippen molar-refractivity contribution in [2.24, 2.45) is 5.41 Å². The highest BCUT2D eigenvalue weighted by Gasteiger charge is 2.64. The molecule has 1 aliphatic heterocycles. The molecule has 0 aliphatic carbocycles. The number of hydrogen-bond donors (Lipinski definition) is 1. The van der Waals surface area contributed by atoms with Crippen LogP contribution in [0.4, 0.5) is 18.9 Å². The molecule has 24 heavy (non-hydrogen) atoms. The number of rotatable bonds is 3. The average Bonchev–Trinajstić information content (AvgIpc) is 2.92. The topological polar surface area (TPSA) is 101 Å². The Labute approximate surface area is 133 Å². The summed E-state index contributed by atoms with van der Waals surface area (Å²) in [7, 11) is 0. The Morgan fingerprint density at radius 1 is 1.38 bits per heavy atom. The molecule has 1 heterocycles. The number of amides is 1. The van der Waals surface area contributed by atoms with Crippen molar-refractivity contribution in [3.05, 3.63) is 39.4 Å². The number of hydrogen-bond acceptors (Lipinski definition) is 4. The van der Waals surface area contributed by atoms with Crippen LogP contribution in [0.2, 0.25) is 0 Å². The lowest BCUT2D eigenvalue weighted by molar-refractivity contribution is -0.385. The highest BCUT2D eigenvalue weighted by Crippen LogP contribution is 2.46. The summed E-state index contributed by atoms with van der Waals surface area (Å²) in [5.41, 5.74) is -3.43. The molecule has 7 nitrogen and oxygen atoms in total. The maximum absolute atomic E-state index is 13.2. The average molecular weight is 346 g/mol. The van der Waals surface area contributed by atoms with E-state index in [0.717, 1.165) is 6.07 Å². The lowest BCUT2D eigenvalue weighted by Gasteiger charge is -2.27. The zero-order valence-corrected chi connectivity index (χ0v) is 12.5. The van der Waals surface area contributed by atoms with Crippen molar-refractivity contribution in [3.8, 4) is 0 Å². The normalized spacial score (nSPS) is 20.9. The van der Waals surface area contributed by atoms with Gasteiger partial charge in [-0.1, -0.05) is 6.07 Å². The van der Waals surface area contributed by atoms with Crippen LogP contribution in [0.5, 0.6) is 0 Å². The lowest BCUT2D eigenvalue weighted by atomic mass is 9.86. The van der Waals surface area contributed by atoms with E-state index in [-0.39, 0.29) is 5.56 Å². The third-order valence-electron chi connectivity index (χ3n) is 4.09. The second-order valence-electron chi connectivity index (χ2n) is 5.64. The summed E-state index contributed by atoms with van der Waals surface area (Å²) in [5, 5.41) is 20.0.